The molecule has 24 heavy (non-hydrogen) atoms. The zero-order valence-electron chi connectivity index (χ0n) is 13.9. The minimum absolute atomic E-state index is 0. The monoisotopic (exact) mass is 378 g/mol. The highest BCUT2D eigenvalue weighted by Crippen LogP contribution is 2.29. The van der Waals surface area contributed by atoms with Crippen LogP contribution in [0.2, 0.25) is 0 Å². The van der Waals surface area contributed by atoms with Crippen molar-refractivity contribution in [3.63, 3.8) is 0 Å². The first-order valence-electron chi connectivity index (χ1n) is 7.37. The van der Waals surface area contributed by atoms with Gasteiger partial charge in [0, 0.05) is 19.1 Å². The number of esters is 1. The number of likely N-dealkylation sites (N-methyl/N-ethyl adjacent to an activating group) is 1. The first-order valence-corrected chi connectivity index (χ1v) is 8.81. The quantitative estimate of drug-likeness (QED) is 0.777. The molecule has 1 fully saturated rings. The molecule has 1 aromatic rings. The van der Waals surface area contributed by atoms with E-state index in [2.05, 4.69) is 10.1 Å². The number of nitrogens with one attached hydrogen (secondary N) is 1. The standard InChI is InChI=1S/C15H22N2O5S.ClH/c1-16-12-5-4-8-17(10-12)23(19,20)14-9-11(15(18)22-3)6-7-13(14)21-2;/h6-7,9,12,16H,4-5,8,10H2,1-3H3;1H. The lowest BCUT2D eigenvalue weighted by Gasteiger charge is -2.32. The Morgan fingerprint density at radius 3 is 2.62 bits per heavy atom. The van der Waals surface area contributed by atoms with Gasteiger partial charge in [-0.1, -0.05) is 0 Å². The molecule has 2 rings (SSSR count). The van der Waals surface area contributed by atoms with E-state index >= 15 is 0 Å². The van der Waals surface area contributed by atoms with Gasteiger partial charge in [-0.05, 0) is 38.1 Å². The van der Waals surface area contributed by atoms with Gasteiger partial charge >= 0.3 is 5.97 Å². The lowest BCUT2D eigenvalue weighted by Crippen LogP contribution is -2.46. The van der Waals surface area contributed by atoms with E-state index in [9.17, 15) is 13.2 Å². The molecule has 1 heterocycles. The van der Waals surface area contributed by atoms with Crippen LogP contribution in [-0.4, -0.2) is 59.1 Å². The minimum Gasteiger partial charge on any atom is -0.495 e. The smallest absolute Gasteiger partial charge is 0.337 e. The van der Waals surface area contributed by atoms with Crippen molar-refractivity contribution < 1.29 is 22.7 Å². The number of ether oxygens (including phenoxy) is 2. The van der Waals surface area contributed by atoms with Crippen LogP contribution in [0.5, 0.6) is 5.75 Å². The number of sulfonamides is 1. The van der Waals surface area contributed by atoms with Crippen molar-refractivity contribution >= 4 is 28.4 Å². The second-order valence-electron chi connectivity index (χ2n) is 5.35. The summed E-state index contributed by atoms with van der Waals surface area (Å²) in [6.07, 6.45) is 1.71. The average Bonchev–Trinajstić information content (AvgIpc) is 2.60. The van der Waals surface area contributed by atoms with Gasteiger partial charge in [-0.25, -0.2) is 13.2 Å². The number of carbonyl (C=O) groups excluding carboxylic acids is 1. The van der Waals surface area contributed by atoms with Gasteiger partial charge in [-0.15, -0.1) is 12.4 Å². The number of carbonyl (C=O) groups is 1. The van der Waals surface area contributed by atoms with Crippen LogP contribution in [0.3, 0.4) is 0 Å². The van der Waals surface area contributed by atoms with Crippen molar-refractivity contribution in [3.05, 3.63) is 23.8 Å². The van der Waals surface area contributed by atoms with Crippen molar-refractivity contribution in [2.75, 3.05) is 34.4 Å². The van der Waals surface area contributed by atoms with Gasteiger partial charge in [0.15, 0.2) is 0 Å². The number of piperidine rings is 1. The molecule has 0 amide bonds. The summed E-state index contributed by atoms with van der Waals surface area (Å²) >= 11 is 0. The summed E-state index contributed by atoms with van der Waals surface area (Å²) < 4.78 is 37.2. The molecule has 1 aromatic carbocycles. The molecule has 1 N–H and O–H groups in total. The molecule has 0 bridgehead atoms. The van der Waals surface area contributed by atoms with Gasteiger partial charge in [0.25, 0.3) is 0 Å². The third-order valence-corrected chi connectivity index (χ3v) is 5.88. The highest BCUT2D eigenvalue weighted by molar-refractivity contribution is 7.89. The van der Waals surface area contributed by atoms with Crippen molar-refractivity contribution in [2.24, 2.45) is 0 Å². The third-order valence-electron chi connectivity index (χ3n) is 3.99. The van der Waals surface area contributed by atoms with E-state index in [4.69, 9.17) is 4.74 Å². The van der Waals surface area contributed by atoms with E-state index in [-0.39, 0.29) is 34.7 Å². The topological polar surface area (TPSA) is 84.9 Å². The third kappa shape index (κ3) is 4.18. The SMILES string of the molecule is CNC1CCCN(S(=O)(=O)c2cc(C(=O)OC)ccc2OC)C1.Cl. The zero-order valence-corrected chi connectivity index (χ0v) is 15.6. The first-order chi connectivity index (χ1) is 10.9. The molecule has 1 aliphatic rings. The van der Waals surface area contributed by atoms with E-state index in [1.807, 2.05) is 7.05 Å². The fourth-order valence-electron chi connectivity index (χ4n) is 2.66. The number of rotatable bonds is 5. The molecule has 1 unspecified atom stereocenters. The second-order valence-corrected chi connectivity index (χ2v) is 7.25. The summed E-state index contributed by atoms with van der Waals surface area (Å²) in [4.78, 5) is 11.7. The Hall–Kier alpha value is -1.35. The number of halogens is 1. The van der Waals surface area contributed by atoms with Crippen LogP contribution in [0.15, 0.2) is 23.1 Å². The predicted molar refractivity (Wildman–Crippen MR) is 92.4 cm³/mol. The maximum atomic E-state index is 13.0. The number of nitrogens with zero attached hydrogens (tertiary/aromatic N) is 1. The molecule has 0 spiro atoms. The molecule has 1 saturated heterocycles. The Bertz CT molecular complexity index is 680. The summed E-state index contributed by atoms with van der Waals surface area (Å²) in [5.74, 6) is -0.375. The first kappa shape index (κ1) is 20.7. The van der Waals surface area contributed by atoms with Crippen LogP contribution in [0.25, 0.3) is 0 Å². The number of hydrogen-bond donors (Lipinski definition) is 1. The van der Waals surface area contributed by atoms with Gasteiger partial charge in [0.1, 0.15) is 10.6 Å². The molecule has 9 heteroatoms. The summed E-state index contributed by atoms with van der Waals surface area (Å²) in [5.41, 5.74) is 0.175. The molecule has 0 saturated carbocycles. The summed E-state index contributed by atoms with van der Waals surface area (Å²) in [6.45, 7) is 0.844. The largest absolute Gasteiger partial charge is 0.495 e. The van der Waals surface area contributed by atoms with E-state index in [1.54, 1.807) is 0 Å². The molecular weight excluding hydrogens is 356 g/mol. The van der Waals surface area contributed by atoms with Gasteiger partial charge in [0.2, 0.25) is 10.0 Å². The number of methoxy groups -OCH3 is 2. The molecule has 1 aliphatic heterocycles. The van der Waals surface area contributed by atoms with Crippen LogP contribution in [0, 0.1) is 0 Å². The number of hydrogen-bond acceptors (Lipinski definition) is 6. The maximum Gasteiger partial charge on any atom is 0.337 e. The summed E-state index contributed by atoms with van der Waals surface area (Å²) in [6, 6.07) is 4.38. The zero-order chi connectivity index (χ0) is 17.0. The van der Waals surface area contributed by atoms with Crippen molar-refractivity contribution in [3.8, 4) is 5.75 Å². The fraction of sp³-hybridized carbons (Fsp3) is 0.533. The number of benzene rings is 1. The highest BCUT2D eigenvalue weighted by Gasteiger charge is 2.32. The molecule has 7 nitrogen and oxygen atoms in total. The van der Waals surface area contributed by atoms with E-state index in [0.717, 1.165) is 12.8 Å². The lowest BCUT2D eigenvalue weighted by atomic mass is 10.1. The molecule has 0 aliphatic carbocycles. The van der Waals surface area contributed by atoms with Crippen LogP contribution >= 0.6 is 12.4 Å². The Morgan fingerprint density at radius 1 is 1.33 bits per heavy atom. The Kier molecular flexibility index (Phi) is 7.47. The molecular formula is C15H23ClN2O5S. The minimum atomic E-state index is -3.75. The van der Waals surface area contributed by atoms with Gasteiger partial charge in [-0.2, -0.15) is 4.31 Å². The van der Waals surface area contributed by atoms with Crippen LogP contribution in [0.4, 0.5) is 0 Å². The average molecular weight is 379 g/mol. The fourth-order valence-corrected chi connectivity index (χ4v) is 4.36. The van der Waals surface area contributed by atoms with E-state index in [0.29, 0.717) is 13.1 Å². The Labute approximate surface area is 148 Å². The summed E-state index contributed by atoms with van der Waals surface area (Å²) in [7, 11) is 0.722. The predicted octanol–water partition coefficient (Wildman–Crippen LogP) is 1.28. The second kappa shape index (κ2) is 8.66. The summed E-state index contributed by atoms with van der Waals surface area (Å²) in [5, 5.41) is 3.11. The van der Waals surface area contributed by atoms with Crippen molar-refractivity contribution in [2.45, 2.75) is 23.8 Å². The molecule has 0 radical (unpaired) electrons. The molecule has 0 aromatic heterocycles. The Morgan fingerprint density at radius 2 is 2.04 bits per heavy atom. The van der Waals surface area contributed by atoms with Crippen molar-refractivity contribution in [1.29, 1.82) is 0 Å². The van der Waals surface area contributed by atoms with Crippen molar-refractivity contribution in [1.82, 2.24) is 9.62 Å². The van der Waals surface area contributed by atoms with E-state index in [1.165, 1.54) is 36.7 Å². The molecule has 1 atom stereocenters. The molecule has 136 valence electrons. The highest BCUT2D eigenvalue weighted by atomic mass is 35.5. The van der Waals surface area contributed by atoms with Crippen LogP contribution in [0.1, 0.15) is 23.2 Å². The normalized spacial score (nSPS) is 18.5. The van der Waals surface area contributed by atoms with E-state index < -0.39 is 16.0 Å². The van der Waals surface area contributed by atoms with Crippen LogP contribution in [-0.2, 0) is 14.8 Å². The van der Waals surface area contributed by atoms with Gasteiger partial charge < -0.3 is 14.8 Å². The maximum absolute atomic E-state index is 13.0. The van der Waals surface area contributed by atoms with Gasteiger partial charge in [0.05, 0.1) is 19.8 Å². The lowest BCUT2D eigenvalue weighted by molar-refractivity contribution is 0.0600. The Balaban J connectivity index is 0.00000288. The van der Waals surface area contributed by atoms with Gasteiger partial charge in [-0.3, -0.25) is 0 Å². The van der Waals surface area contributed by atoms with Crippen LogP contribution < -0.4 is 10.1 Å².